The summed E-state index contributed by atoms with van der Waals surface area (Å²) in [6, 6.07) is 2.03. The fourth-order valence-electron chi connectivity index (χ4n) is 2.91. The Labute approximate surface area is 135 Å². The summed E-state index contributed by atoms with van der Waals surface area (Å²) in [5.41, 5.74) is 1.09. The van der Waals surface area contributed by atoms with Gasteiger partial charge < -0.3 is 15.6 Å². The van der Waals surface area contributed by atoms with Crippen LogP contribution in [0, 0.1) is 0 Å². The van der Waals surface area contributed by atoms with E-state index in [-0.39, 0.29) is 12.5 Å². The maximum Gasteiger partial charge on any atom is 0.241 e. The molecule has 1 fully saturated rings. The van der Waals surface area contributed by atoms with Gasteiger partial charge in [-0.15, -0.1) is 0 Å². The van der Waals surface area contributed by atoms with Gasteiger partial charge in [0.15, 0.2) is 0 Å². The molecule has 3 N–H and O–H groups in total. The number of carbonyl (C=O) groups is 1. The zero-order valence-corrected chi connectivity index (χ0v) is 13.3. The van der Waals surface area contributed by atoms with Crippen molar-refractivity contribution < 1.29 is 4.79 Å². The van der Waals surface area contributed by atoms with Crippen LogP contribution in [0.3, 0.4) is 0 Å². The van der Waals surface area contributed by atoms with E-state index in [1.165, 1.54) is 12.8 Å². The highest BCUT2D eigenvalue weighted by Crippen LogP contribution is 2.21. The summed E-state index contributed by atoms with van der Waals surface area (Å²) in [5, 5.41) is 10.9. The van der Waals surface area contributed by atoms with E-state index >= 15 is 0 Å². The van der Waals surface area contributed by atoms with Crippen LogP contribution in [0.4, 0.5) is 0 Å². The van der Waals surface area contributed by atoms with Crippen molar-refractivity contribution in [2.24, 2.45) is 0 Å². The molecule has 1 unspecified atom stereocenters. The molecule has 124 valence electrons. The highest BCUT2D eigenvalue weighted by atomic mass is 16.2. The largest absolute Gasteiger partial charge is 0.354 e. The van der Waals surface area contributed by atoms with Crippen LogP contribution in [0.1, 0.15) is 36.7 Å². The van der Waals surface area contributed by atoms with E-state index in [4.69, 9.17) is 0 Å². The molecule has 1 saturated heterocycles. The Morgan fingerprint density at radius 1 is 1.48 bits per heavy atom. The molecule has 0 aliphatic carbocycles. The van der Waals surface area contributed by atoms with Crippen molar-refractivity contribution in [2.75, 3.05) is 19.6 Å². The summed E-state index contributed by atoms with van der Waals surface area (Å²) in [5.74, 6) is 1.43. The quantitative estimate of drug-likeness (QED) is 0.660. The van der Waals surface area contributed by atoms with Gasteiger partial charge in [-0.2, -0.15) is 5.10 Å². The minimum Gasteiger partial charge on any atom is -0.354 e. The normalized spacial score (nSPS) is 18.0. The molecule has 7 nitrogen and oxygen atoms in total. The number of nitrogens with zero attached hydrogens (tertiary/aromatic N) is 3. The van der Waals surface area contributed by atoms with Crippen molar-refractivity contribution >= 4 is 5.91 Å². The van der Waals surface area contributed by atoms with Crippen LogP contribution in [-0.2, 0) is 17.8 Å². The van der Waals surface area contributed by atoms with Gasteiger partial charge in [0.1, 0.15) is 12.4 Å². The van der Waals surface area contributed by atoms with Crippen LogP contribution in [0.15, 0.2) is 24.7 Å². The lowest BCUT2D eigenvalue weighted by Crippen LogP contribution is -2.30. The first-order valence-electron chi connectivity index (χ1n) is 8.30. The highest BCUT2D eigenvalue weighted by molar-refractivity contribution is 5.75. The third kappa shape index (κ3) is 4.66. The zero-order valence-electron chi connectivity index (χ0n) is 13.3. The topological polar surface area (TPSA) is 87.6 Å². The Kier molecular flexibility index (Phi) is 5.42. The number of aromatic nitrogens is 4. The van der Waals surface area contributed by atoms with Gasteiger partial charge in [0, 0.05) is 44.0 Å². The SMILES string of the molecule is O=C(Cn1ccc(C2CCCNC2)n1)NCCCc1ncc[nH]1. The predicted octanol–water partition coefficient (Wildman–Crippen LogP) is 0.822. The van der Waals surface area contributed by atoms with Crippen LogP contribution in [0.5, 0.6) is 0 Å². The summed E-state index contributed by atoms with van der Waals surface area (Å²) < 4.78 is 1.73. The standard InChI is InChI=1S/C16H24N6O/c23-16(20-7-2-4-15-18-8-9-19-15)12-22-10-5-14(21-22)13-3-1-6-17-11-13/h5,8-10,13,17H,1-4,6-7,11-12H2,(H,18,19)(H,20,23). The number of hydrogen-bond donors (Lipinski definition) is 3. The van der Waals surface area contributed by atoms with Gasteiger partial charge in [-0.1, -0.05) is 0 Å². The molecule has 1 atom stereocenters. The van der Waals surface area contributed by atoms with Crippen LogP contribution in [-0.4, -0.2) is 45.3 Å². The van der Waals surface area contributed by atoms with Gasteiger partial charge in [0.25, 0.3) is 0 Å². The summed E-state index contributed by atoms with van der Waals surface area (Å²) in [6.45, 7) is 3.01. The number of H-pyrrole nitrogens is 1. The fraction of sp³-hybridized carbons (Fsp3) is 0.562. The van der Waals surface area contributed by atoms with E-state index in [0.717, 1.165) is 37.4 Å². The van der Waals surface area contributed by atoms with Crippen LogP contribution in [0.25, 0.3) is 0 Å². The monoisotopic (exact) mass is 316 g/mol. The Morgan fingerprint density at radius 3 is 3.22 bits per heavy atom. The van der Waals surface area contributed by atoms with Crippen LogP contribution >= 0.6 is 0 Å². The Morgan fingerprint density at radius 2 is 2.43 bits per heavy atom. The molecule has 2 aromatic heterocycles. The maximum atomic E-state index is 12.0. The van der Waals surface area contributed by atoms with Crippen molar-refractivity contribution in [1.82, 2.24) is 30.4 Å². The molecule has 0 radical (unpaired) electrons. The number of hydrogen-bond acceptors (Lipinski definition) is 4. The average Bonchev–Trinajstić information content (AvgIpc) is 3.24. The van der Waals surface area contributed by atoms with Crippen molar-refractivity contribution in [1.29, 1.82) is 0 Å². The first-order chi connectivity index (χ1) is 11.3. The van der Waals surface area contributed by atoms with E-state index in [0.29, 0.717) is 12.5 Å². The molecule has 0 bridgehead atoms. The Balaban J connectivity index is 1.38. The molecule has 0 spiro atoms. The smallest absolute Gasteiger partial charge is 0.241 e. The molecule has 23 heavy (non-hydrogen) atoms. The second kappa shape index (κ2) is 7.92. The fourth-order valence-corrected chi connectivity index (χ4v) is 2.91. The Hall–Kier alpha value is -2.15. The molecule has 2 aromatic rings. The lowest BCUT2D eigenvalue weighted by Gasteiger charge is -2.20. The van der Waals surface area contributed by atoms with Gasteiger partial charge in [0.05, 0.1) is 5.69 Å². The van der Waals surface area contributed by atoms with E-state index in [9.17, 15) is 4.79 Å². The lowest BCUT2D eigenvalue weighted by atomic mass is 9.97. The van der Waals surface area contributed by atoms with Crippen molar-refractivity contribution in [2.45, 2.75) is 38.1 Å². The molecule has 7 heteroatoms. The summed E-state index contributed by atoms with van der Waals surface area (Å²) >= 11 is 0. The molecule has 3 rings (SSSR count). The van der Waals surface area contributed by atoms with Gasteiger partial charge in [-0.3, -0.25) is 9.48 Å². The number of carbonyl (C=O) groups excluding carboxylic acids is 1. The van der Waals surface area contributed by atoms with Gasteiger partial charge in [-0.25, -0.2) is 4.98 Å². The molecule has 0 saturated carbocycles. The van der Waals surface area contributed by atoms with E-state index < -0.39 is 0 Å². The van der Waals surface area contributed by atoms with E-state index in [2.05, 4.69) is 25.7 Å². The average molecular weight is 316 g/mol. The number of aryl methyl sites for hydroxylation is 1. The third-order valence-electron chi connectivity index (χ3n) is 4.15. The summed E-state index contributed by atoms with van der Waals surface area (Å²) in [6.07, 6.45) is 9.52. The molecular weight excluding hydrogens is 292 g/mol. The Bertz CT molecular complexity index is 600. The first-order valence-corrected chi connectivity index (χ1v) is 8.30. The molecule has 1 aliphatic rings. The van der Waals surface area contributed by atoms with Crippen molar-refractivity contribution in [3.8, 4) is 0 Å². The molecule has 0 aromatic carbocycles. The van der Waals surface area contributed by atoms with Crippen molar-refractivity contribution in [3.63, 3.8) is 0 Å². The van der Waals surface area contributed by atoms with Crippen LogP contribution < -0.4 is 10.6 Å². The van der Waals surface area contributed by atoms with Gasteiger partial charge >= 0.3 is 0 Å². The van der Waals surface area contributed by atoms with Crippen molar-refractivity contribution in [3.05, 3.63) is 36.2 Å². The molecule has 3 heterocycles. The number of imidazole rings is 1. The second-order valence-corrected chi connectivity index (χ2v) is 5.97. The second-order valence-electron chi connectivity index (χ2n) is 5.97. The predicted molar refractivity (Wildman–Crippen MR) is 87.0 cm³/mol. The number of piperidine rings is 1. The third-order valence-corrected chi connectivity index (χ3v) is 4.15. The molecule has 1 amide bonds. The zero-order chi connectivity index (χ0) is 15.9. The van der Waals surface area contributed by atoms with Gasteiger partial charge in [-0.05, 0) is 31.9 Å². The minimum atomic E-state index is 0.000800. The summed E-state index contributed by atoms with van der Waals surface area (Å²) in [7, 11) is 0. The van der Waals surface area contributed by atoms with Crippen LogP contribution in [0.2, 0.25) is 0 Å². The van der Waals surface area contributed by atoms with E-state index in [1.807, 2.05) is 18.5 Å². The minimum absolute atomic E-state index is 0.000800. The van der Waals surface area contributed by atoms with E-state index in [1.54, 1.807) is 10.9 Å². The summed E-state index contributed by atoms with van der Waals surface area (Å²) in [4.78, 5) is 19.2. The van der Waals surface area contributed by atoms with Gasteiger partial charge in [0.2, 0.25) is 5.91 Å². The molecular formula is C16H24N6O. The maximum absolute atomic E-state index is 12.0. The number of rotatable bonds is 7. The molecule has 1 aliphatic heterocycles. The number of amides is 1. The first kappa shape index (κ1) is 15.7. The highest BCUT2D eigenvalue weighted by Gasteiger charge is 2.17. The number of nitrogens with one attached hydrogen (secondary N) is 3. The lowest BCUT2D eigenvalue weighted by molar-refractivity contribution is -0.121. The number of aromatic amines is 1.